The molecule has 4 heterocycles. The van der Waals surface area contributed by atoms with E-state index >= 15 is 0 Å². The van der Waals surface area contributed by atoms with E-state index < -0.39 is 41.2 Å². The third kappa shape index (κ3) is 6.72. The minimum Gasteiger partial charge on any atom is -0.476 e. The number of carbonyl (C=O) groups excluding carboxylic acids is 1. The van der Waals surface area contributed by atoms with Crippen molar-refractivity contribution in [2.24, 2.45) is 0 Å². The summed E-state index contributed by atoms with van der Waals surface area (Å²) in [5.74, 6) is 0.198. The average molecular weight is 718 g/mol. The van der Waals surface area contributed by atoms with Gasteiger partial charge in [-0.15, -0.1) is 11.8 Å². The Bertz CT molecular complexity index is 1560. The second-order valence-electron chi connectivity index (χ2n) is 13.9. The molecule has 0 saturated carbocycles. The van der Waals surface area contributed by atoms with Crippen molar-refractivity contribution in [2.45, 2.75) is 120 Å². The molecule has 0 unspecified atom stereocenters. The van der Waals surface area contributed by atoms with Gasteiger partial charge in [-0.25, -0.2) is 4.98 Å². The number of thioether (sulfide) groups is 1. The van der Waals surface area contributed by atoms with Gasteiger partial charge in [0, 0.05) is 17.6 Å². The number of rotatable bonds is 11. The number of nitrogens with one attached hydrogen (secondary N) is 1. The lowest BCUT2D eigenvalue weighted by molar-refractivity contribution is -0.114. The molecule has 0 bridgehead atoms. The molecule has 2 N–H and O–H groups in total. The zero-order valence-corrected chi connectivity index (χ0v) is 32.5. The summed E-state index contributed by atoms with van der Waals surface area (Å²) in [4.78, 5) is 26.7. The van der Waals surface area contributed by atoms with E-state index in [1.54, 1.807) is 10.9 Å². The van der Waals surface area contributed by atoms with Gasteiger partial charge >= 0.3 is 17.1 Å². The molecule has 2 aliphatic rings. The molecule has 4 atom stereocenters. The maximum Gasteiger partial charge on any atom is 0.335 e. The fourth-order valence-electron chi connectivity index (χ4n) is 6.93. The molecular formula is C33H51N5O7SSi2. The van der Waals surface area contributed by atoms with Gasteiger partial charge in [-0.05, 0) is 41.2 Å². The Morgan fingerprint density at radius 3 is 2.29 bits per heavy atom. The van der Waals surface area contributed by atoms with Crippen LogP contribution in [0.5, 0.6) is 5.88 Å². The van der Waals surface area contributed by atoms with Gasteiger partial charge < -0.3 is 27.5 Å². The molecule has 2 aliphatic heterocycles. The van der Waals surface area contributed by atoms with Crippen molar-refractivity contribution in [1.82, 2.24) is 19.5 Å². The number of amides is 1. The zero-order valence-electron chi connectivity index (χ0n) is 29.7. The van der Waals surface area contributed by atoms with E-state index in [9.17, 15) is 9.90 Å². The van der Waals surface area contributed by atoms with Gasteiger partial charge in [-0.2, -0.15) is 9.97 Å². The lowest BCUT2D eigenvalue weighted by Gasteiger charge is -2.52. The number of nitrogens with zero attached hydrogens (tertiary/aromatic N) is 4. The van der Waals surface area contributed by atoms with Gasteiger partial charge in [0.25, 0.3) is 0 Å². The van der Waals surface area contributed by atoms with Gasteiger partial charge in [0.05, 0.1) is 19.5 Å². The Labute approximate surface area is 290 Å². The summed E-state index contributed by atoms with van der Waals surface area (Å²) in [6.07, 6.45) is -0.809. The molecule has 0 aliphatic carbocycles. The normalized spacial score (nSPS) is 25.4. The molecule has 3 aromatic rings. The van der Waals surface area contributed by atoms with Gasteiger partial charge in [0.1, 0.15) is 17.8 Å². The molecule has 12 nitrogen and oxygen atoms in total. The van der Waals surface area contributed by atoms with Crippen LogP contribution in [0, 0.1) is 0 Å². The molecule has 2 saturated heterocycles. The number of anilines is 1. The summed E-state index contributed by atoms with van der Waals surface area (Å²) in [5.41, 5.74) is -0.418. The monoisotopic (exact) mass is 717 g/mol. The van der Waals surface area contributed by atoms with E-state index in [2.05, 4.69) is 75.7 Å². The first kappa shape index (κ1) is 36.9. The third-order valence-electron chi connectivity index (χ3n) is 9.31. The second kappa shape index (κ2) is 14.5. The van der Waals surface area contributed by atoms with Crippen LogP contribution in [0.2, 0.25) is 22.2 Å². The Morgan fingerprint density at radius 1 is 1.06 bits per heavy atom. The zero-order chi connectivity index (χ0) is 35.0. The maximum absolute atomic E-state index is 13.1. The first-order valence-corrected chi connectivity index (χ1v) is 21.8. The topological polar surface area (TPSA) is 139 Å². The molecule has 2 fully saturated rings. The minimum absolute atomic E-state index is 0.0603. The van der Waals surface area contributed by atoms with Crippen molar-refractivity contribution in [1.29, 1.82) is 0 Å². The van der Waals surface area contributed by atoms with E-state index in [1.165, 1.54) is 18.7 Å². The van der Waals surface area contributed by atoms with Crippen molar-refractivity contribution >= 4 is 51.9 Å². The Morgan fingerprint density at radius 2 is 1.71 bits per heavy atom. The van der Waals surface area contributed by atoms with Crippen molar-refractivity contribution in [3.05, 3.63) is 36.7 Å². The van der Waals surface area contributed by atoms with Gasteiger partial charge in [-0.1, -0.05) is 73.6 Å². The lowest BCUT2D eigenvalue weighted by atomic mass is 9.96. The first-order chi connectivity index (χ1) is 22.7. The summed E-state index contributed by atoms with van der Waals surface area (Å²) >= 11 is 1.52. The highest BCUT2D eigenvalue weighted by molar-refractivity contribution is 7.99. The molecular weight excluding hydrogens is 667 g/mol. The van der Waals surface area contributed by atoms with E-state index in [0.29, 0.717) is 17.8 Å². The number of aliphatic hydroxyl groups is 1. The molecule has 0 radical (unpaired) electrons. The number of imidazole rings is 1. The van der Waals surface area contributed by atoms with E-state index in [4.69, 9.17) is 22.4 Å². The number of hydrogen-bond donors (Lipinski definition) is 2. The molecule has 48 heavy (non-hydrogen) atoms. The van der Waals surface area contributed by atoms with Crippen LogP contribution >= 0.6 is 11.8 Å². The van der Waals surface area contributed by atoms with Crippen molar-refractivity contribution in [3.63, 3.8) is 0 Å². The van der Waals surface area contributed by atoms with Crippen LogP contribution in [0.3, 0.4) is 0 Å². The van der Waals surface area contributed by atoms with Crippen LogP contribution in [0.1, 0.15) is 75.5 Å². The number of aromatic nitrogens is 4. The van der Waals surface area contributed by atoms with Gasteiger partial charge in [0.2, 0.25) is 17.7 Å². The highest BCUT2D eigenvalue weighted by Gasteiger charge is 2.66. The van der Waals surface area contributed by atoms with E-state index in [0.717, 1.165) is 4.90 Å². The molecule has 15 heteroatoms. The Hall–Kier alpha value is -2.38. The molecule has 0 spiro atoms. The van der Waals surface area contributed by atoms with Gasteiger partial charge in [-0.3, -0.25) is 14.7 Å². The van der Waals surface area contributed by atoms with Crippen LogP contribution in [0.4, 0.5) is 5.95 Å². The molecule has 264 valence electrons. The summed E-state index contributed by atoms with van der Waals surface area (Å²) in [5, 5.41) is 15.8. The summed E-state index contributed by atoms with van der Waals surface area (Å²) < 4.78 is 36.2. The fraction of sp³-hybridized carbons (Fsp3) is 0.636. The number of carbonyl (C=O) groups is 1. The quantitative estimate of drug-likeness (QED) is 0.165. The summed E-state index contributed by atoms with van der Waals surface area (Å²) in [7, 11) is -5.97. The van der Waals surface area contributed by atoms with Crippen LogP contribution in [-0.2, 0) is 22.5 Å². The highest BCUT2D eigenvalue weighted by Crippen LogP contribution is 2.52. The number of fused-ring (bicyclic) bond motifs is 2. The number of benzene rings is 1. The standard InChI is InChI=1S/C33H51N5O7SSi2/c1-11-41-30-27-29(36-32(37-30)35-24(10)39)38(19-34-27)31-33(40,18-46-25-15-13-12-14-16-25)28-26(43-31)17-42-47(20(2)3,21(4)5)45-48(44-28,22(6)7)23(8)9/h12-16,19-23,26,28,31,40H,11,17-18H2,1-10H3,(H,35,36,37,39)/t26-,28-,31-,33-/m1/s1. The van der Waals surface area contributed by atoms with Crippen LogP contribution in [0.15, 0.2) is 41.6 Å². The van der Waals surface area contributed by atoms with Crippen LogP contribution < -0.4 is 10.1 Å². The second-order valence-corrected chi connectivity index (χ2v) is 23.8. The molecule has 5 rings (SSSR count). The molecule has 1 aromatic carbocycles. The number of hydrogen-bond acceptors (Lipinski definition) is 11. The summed E-state index contributed by atoms with van der Waals surface area (Å²) in [6, 6.07) is 9.95. The van der Waals surface area contributed by atoms with Gasteiger partial charge in [0.15, 0.2) is 17.4 Å². The van der Waals surface area contributed by atoms with Crippen molar-refractivity contribution < 1.29 is 32.3 Å². The van der Waals surface area contributed by atoms with Crippen molar-refractivity contribution in [2.75, 3.05) is 24.3 Å². The van der Waals surface area contributed by atoms with Crippen molar-refractivity contribution in [3.8, 4) is 5.88 Å². The smallest absolute Gasteiger partial charge is 0.335 e. The van der Waals surface area contributed by atoms with Crippen LogP contribution in [-0.4, -0.2) is 84.4 Å². The number of ether oxygens (including phenoxy) is 2. The predicted octanol–water partition coefficient (Wildman–Crippen LogP) is 6.56. The third-order valence-corrected chi connectivity index (χ3v) is 20.8. The van der Waals surface area contributed by atoms with Crippen LogP contribution in [0.25, 0.3) is 11.2 Å². The predicted molar refractivity (Wildman–Crippen MR) is 191 cm³/mol. The lowest BCUT2D eigenvalue weighted by Crippen LogP contribution is -2.67. The maximum atomic E-state index is 13.1. The average Bonchev–Trinajstić information content (AvgIpc) is 3.54. The molecule has 2 aromatic heterocycles. The first-order valence-electron chi connectivity index (χ1n) is 16.9. The molecule has 1 amide bonds. The fourth-order valence-corrected chi connectivity index (χ4v) is 19.2. The Balaban J connectivity index is 1.69. The largest absolute Gasteiger partial charge is 0.476 e. The Kier molecular flexibility index (Phi) is 11.1. The van der Waals surface area contributed by atoms with E-state index in [1.807, 2.05) is 37.3 Å². The SMILES string of the molecule is CCOc1nc(NC(C)=O)nc2c1ncn2[C@@H]1O[C@@H]2CO[Si](C(C)C)(C(C)C)O[Si](C(C)C)(C(C)C)O[C@H]2[C@]1(O)CSc1ccccc1. The van der Waals surface area contributed by atoms with E-state index in [-0.39, 0.29) is 52.3 Å². The summed E-state index contributed by atoms with van der Waals surface area (Å²) in [6.45, 7) is 21.1. The minimum atomic E-state index is -3.11. The highest BCUT2D eigenvalue weighted by atomic mass is 32.2.